The van der Waals surface area contributed by atoms with Crippen LogP contribution in [0.15, 0.2) is 24.3 Å². The van der Waals surface area contributed by atoms with Crippen LogP contribution in [0.25, 0.3) is 0 Å². The number of alkyl halides is 1. The van der Waals surface area contributed by atoms with Crippen LogP contribution >= 0.6 is 15.9 Å². The van der Waals surface area contributed by atoms with Crippen molar-refractivity contribution < 1.29 is 4.79 Å². The first-order valence-corrected chi connectivity index (χ1v) is 7.00. The zero-order valence-electron chi connectivity index (χ0n) is 10.2. The topological polar surface area (TPSA) is 29.1 Å². The van der Waals surface area contributed by atoms with Gasteiger partial charge < -0.3 is 5.32 Å². The second-order valence-electron chi connectivity index (χ2n) is 4.99. The third kappa shape index (κ3) is 2.71. The number of nitrogens with one attached hydrogen (secondary N) is 1. The maximum absolute atomic E-state index is 11.8. The summed E-state index contributed by atoms with van der Waals surface area (Å²) in [5, 5.41) is 3.02. The highest BCUT2D eigenvalue weighted by atomic mass is 79.9. The standard InChI is InChI=1S/C14H18BrNO/c1-9(2)13(15)14(17)16-8-11-7-10-5-3-4-6-12(10)11/h3-6,9,11,13H,7-8H2,1-2H3,(H,16,17). The summed E-state index contributed by atoms with van der Waals surface area (Å²) in [4.78, 5) is 11.7. The predicted octanol–water partition coefficient (Wildman–Crippen LogP) is 2.86. The fraction of sp³-hybridized carbons (Fsp3) is 0.500. The van der Waals surface area contributed by atoms with Crippen molar-refractivity contribution in [3.8, 4) is 0 Å². The third-order valence-corrected chi connectivity index (χ3v) is 4.79. The molecule has 3 heteroatoms. The van der Waals surface area contributed by atoms with Crippen molar-refractivity contribution >= 4 is 21.8 Å². The van der Waals surface area contributed by atoms with Gasteiger partial charge in [-0.15, -0.1) is 0 Å². The van der Waals surface area contributed by atoms with Gasteiger partial charge in [0.1, 0.15) is 0 Å². The lowest BCUT2D eigenvalue weighted by molar-refractivity contribution is -0.121. The molecule has 92 valence electrons. The maximum Gasteiger partial charge on any atom is 0.234 e. The van der Waals surface area contributed by atoms with E-state index < -0.39 is 0 Å². The van der Waals surface area contributed by atoms with Crippen molar-refractivity contribution in [2.24, 2.45) is 5.92 Å². The molecule has 17 heavy (non-hydrogen) atoms. The molecule has 2 atom stereocenters. The highest BCUT2D eigenvalue weighted by molar-refractivity contribution is 9.10. The van der Waals surface area contributed by atoms with Crippen molar-refractivity contribution in [1.82, 2.24) is 5.32 Å². The SMILES string of the molecule is CC(C)C(Br)C(=O)NCC1Cc2ccccc21. The average molecular weight is 296 g/mol. The quantitative estimate of drug-likeness (QED) is 0.851. The number of halogens is 1. The third-order valence-electron chi connectivity index (χ3n) is 3.32. The van der Waals surface area contributed by atoms with Gasteiger partial charge in [-0.05, 0) is 23.5 Å². The lowest BCUT2D eigenvalue weighted by Crippen LogP contribution is -2.38. The van der Waals surface area contributed by atoms with Gasteiger partial charge >= 0.3 is 0 Å². The molecule has 1 aromatic rings. The molecule has 0 heterocycles. The summed E-state index contributed by atoms with van der Waals surface area (Å²) in [7, 11) is 0. The number of hydrogen-bond acceptors (Lipinski definition) is 1. The normalized spacial score (nSPS) is 19.4. The zero-order valence-corrected chi connectivity index (χ0v) is 11.8. The molecule has 0 radical (unpaired) electrons. The Morgan fingerprint density at radius 3 is 2.82 bits per heavy atom. The highest BCUT2D eigenvalue weighted by Crippen LogP contribution is 2.34. The first kappa shape index (κ1) is 12.6. The summed E-state index contributed by atoms with van der Waals surface area (Å²) in [6.45, 7) is 4.83. The van der Waals surface area contributed by atoms with E-state index in [1.54, 1.807) is 0 Å². The number of rotatable bonds is 4. The van der Waals surface area contributed by atoms with Crippen LogP contribution in [-0.4, -0.2) is 17.3 Å². The van der Waals surface area contributed by atoms with Gasteiger partial charge in [0.2, 0.25) is 5.91 Å². The van der Waals surface area contributed by atoms with E-state index in [-0.39, 0.29) is 10.7 Å². The molecule has 0 fully saturated rings. The molecular weight excluding hydrogens is 278 g/mol. The molecule has 0 spiro atoms. The lowest BCUT2D eigenvalue weighted by atomic mass is 9.77. The molecule has 1 N–H and O–H groups in total. The number of carbonyl (C=O) groups excluding carboxylic acids is 1. The summed E-state index contributed by atoms with van der Waals surface area (Å²) < 4.78 is 0. The molecule has 2 rings (SSSR count). The fourth-order valence-electron chi connectivity index (χ4n) is 2.17. The van der Waals surface area contributed by atoms with Gasteiger partial charge in [0, 0.05) is 12.5 Å². The van der Waals surface area contributed by atoms with Crippen LogP contribution < -0.4 is 5.32 Å². The smallest absolute Gasteiger partial charge is 0.234 e. The summed E-state index contributed by atoms with van der Waals surface area (Å²) in [6, 6.07) is 8.45. The highest BCUT2D eigenvalue weighted by Gasteiger charge is 2.26. The van der Waals surface area contributed by atoms with Gasteiger partial charge in [-0.2, -0.15) is 0 Å². The molecule has 2 unspecified atom stereocenters. The van der Waals surface area contributed by atoms with Gasteiger partial charge in [-0.1, -0.05) is 54.0 Å². The van der Waals surface area contributed by atoms with Crippen LogP contribution in [0.1, 0.15) is 30.9 Å². The van der Waals surface area contributed by atoms with Crippen LogP contribution in [0.2, 0.25) is 0 Å². The number of amides is 1. The van der Waals surface area contributed by atoms with Crippen molar-refractivity contribution in [2.45, 2.75) is 31.0 Å². The van der Waals surface area contributed by atoms with E-state index in [0.29, 0.717) is 11.8 Å². The van der Waals surface area contributed by atoms with E-state index in [9.17, 15) is 4.79 Å². The zero-order chi connectivity index (χ0) is 12.4. The molecule has 0 saturated heterocycles. The second-order valence-corrected chi connectivity index (χ2v) is 5.98. The Balaban J connectivity index is 1.84. The van der Waals surface area contributed by atoms with E-state index in [1.807, 2.05) is 13.8 Å². The van der Waals surface area contributed by atoms with Gasteiger partial charge in [-0.3, -0.25) is 4.79 Å². The predicted molar refractivity (Wildman–Crippen MR) is 73.4 cm³/mol. The Morgan fingerprint density at radius 1 is 1.47 bits per heavy atom. The van der Waals surface area contributed by atoms with E-state index >= 15 is 0 Å². The first-order valence-electron chi connectivity index (χ1n) is 6.09. The average Bonchev–Trinajstić information content (AvgIpc) is 2.29. The van der Waals surface area contributed by atoms with Crippen LogP contribution in [-0.2, 0) is 11.2 Å². The Labute approximate surface area is 111 Å². The number of benzene rings is 1. The van der Waals surface area contributed by atoms with E-state index in [4.69, 9.17) is 0 Å². The van der Waals surface area contributed by atoms with Gasteiger partial charge in [0.15, 0.2) is 0 Å². The summed E-state index contributed by atoms with van der Waals surface area (Å²) in [5.74, 6) is 0.926. The second kappa shape index (κ2) is 5.21. The molecule has 0 saturated carbocycles. The van der Waals surface area contributed by atoms with E-state index in [1.165, 1.54) is 11.1 Å². The lowest BCUT2D eigenvalue weighted by Gasteiger charge is -2.30. The first-order chi connectivity index (χ1) is 8.09. The number of hydrogen-bond donors (Lipinski definition) is 1. The van der Waals surface area contributed by atoms with Gasteiger partial charge in [0.25, 0.3) is 0 Å². The van der Waals surface area contributed by atoms with Crippen molar-refractivity contribution in [3.05, 3.63) is 35.4 Å². The minimum Gasteiger partial charge on any atom is -0.354 e. The molecule has 0 aromatic heterocycles. The van der Waals surface area contributed by atoms with Crippen LogP contribution in [0.5, 0.6) is 0 Å². The van der Waals surface area contributed by atoms with Crippen LogP contribution in [0.3, 0.4) is 0 Å². The molecule has 0 aliphatic heterocycles. The Kier molecular flexibility index (Phi) is 3.87. The fourth-order valence-corrected chi connectivity index (χ4v) is 2.33. The van der Waals surface area contributed by atoms with Crippen LogP contribution in [0, 0.1) is 5.92 Å². The minimum atomic E-state index is -0.0854. The molecular formula is C14H18BrNO. The largest absolute Gasteiger partial charge is 0.354 e. The van der Waals surface area contributed by atoms with Crippen LogP contribution in [0.4, 0.5) is 0 Å². The maximum atomic E-state index is 11.8. The van der Waals surface area contributed by atoms with E-state index in [2.05, 4.69) is 45.5 Å². The number of carbonyl (C=O) groups is 1. The van der Waals surface area contributed by atoms with Crippen molar-refractivity contribution in [3.63, 3.8) is 0 Å². The van der Waals surface area contributed by atoms with Gasteiger partial charge in [-0.25, -0.2) is 0 Å². The minimum absolute atomic E-state index is 0.0854. The molecule has 1 aromatic carbocycles. The molecule has 1 aliphatic rings. The van der Waals surface area contributed by atoms with Crippen molar-refractivity contribution in [2.75, 3.05) is 6.54 Å². The van der Waals surface area contributed by atoms with E-state index in [0.717, 1.165) is 13.0 Å². The summed E-state index contributed by atoms with van der Waals surface area (Å²) >= 11 is 3.42. The number of fused-ring (bicyclic) bond motifs is 1. The molecule has 1 aliphatic carbocycles. The van der Waals surface area contributed by atoms with Gasteiger partial charge in [0.05, 0.1) is 4.83 Å². The monoisotopic (exact) mass is 295 g/mol. The summed E-state index contributed by atoms with van der Waals surface area (Å²) in [5.41, 5.74) is 2.81. The molecule has 0 bridgehead atoms. The Morgan fingerprint density at radius 2 is 2.18 bits per heavy atom. The Bertz CT molecular complexity index is 416. The van der Waals surface area contributed by atoms with Crippen molar-refractivity contribution in [1.29, 1.82) is 0 Å². The molecule has 2 nitrogen and oxygen atoms in total. The molecule has 1 amide bonds. The summed E-state index contributed by atoms with van der Waals surface area (Å²) in [6.07, 6.45) is 1.09. The Hall–Kier alpha value is -0.830.